The summed E-state index contributed by atoms with van der Waals surface area (Å²) in [4.78, 5) is 15.6. The zero-order chi connectivity index (χ0) is 13.7. The first kappa shape index (κ1) is 13.7. The van der Waals surface area contributed by atoms with Gasteiger partial charge in [-0.15, -0.1) is 0 Å². The third kappa shape index (κ3) is 3.61. The van der Waals surface area contributed by atoms with E-state index in [9.17, 15) is 4.79 Å². The molecule has 0 saturated heterocycles. The van der Waals surface area contributed by atoms with Gasteiger partial charge in [0.2, 0.25) is 0 Å². The Bertz CT molecular complexity index is 566. The fraction of sp³-hybridized carbons (Fsp3) is 0.286. The minimum atomic E-state index is -0.213. The highest BCUT2D eigenvalue weighted by molar-refractivity contribution is 7.98. The number of rotatable bonds is 5. The van der Waals surface area contributed by atoms with Gasteiger partial charge in [-0.25, -0.2) is 4.98 Å². The number of aromatic nitrogens is 2. The van der Waals surface area contributed by atoms with Gasteiger partial charge in [-0.05, 0) is 11.1 Å². The predicted molar refractivity (Wildman–Crippen MR) is 74.9 cm³/mol. The molecule has 0 unspecified atom stereocenters. The Morgan fingerprint density at radius 3 is 2.74 bits per heavy atom. The molecule has 1 aromatic carbocycles. The third-order valence-electron chi connectivity index (χ3n) is 2.81. The van der Waals surface area contributed by atoms with Crippen LogP contribution in [0.4, 0.5) is 0 Å². The molecular formula is C14H16N2O2S. The SMILES string of the molecule is COC(=O)Cc1ccccc1CSc1nccn1C. The van der Waals surface area contributed by atoms with E-state index in [1.807, 2.05) is 42.1 Å². The lowest BCUT2D eigenvalue weighted by molar-refractivity contribution is -0.139. The topological polar surface area (TPSA) is 44.1 Å². The number of hydrogen-bond acceptors (Lipinski definition) is 4. The highest BCUT2D eigenvalue weighted by Gasteiger charge is 2.09. The van der Waals surface area contributed by atoms with Crippen LogP contribution in [0, 0.1) is 0 Å². The van der Waals surface area contributed by atoms with Crippen molar-refractivity contribution in [2.24, 2.45) is 7.05 Å². The van der Waals surface area contributed by atoms with Gasteiger partial charge in [0.05, 0.1) is 13.5 Å². The molecule has 0 N–H and O–H groups in total. The number of imidazole rings is 1. The Labute approximate surface area is 116 Å². The van der Waals surface area contributed by atoms with Crippen LogP contribution in [-0.4, -0.2) is 22.6 Å². The molecule has 0 aliphatic rings. The first-order valence-electron chi connectivity index (χ1n) is 5.94. The molecule has 1 heterocycles. The van der Waals surface area contributed by atoms with E-state index in [0.29, 0.717) is 6.42 Å². The van der Waals surface area contributed by atoms with Crippen LogP contribution >= 0.6 is 11.8 Å². The predicted octanol–water partition coefficient (Wildman–Crippen LogP) is 2.43. The smallest absolute Gasteiger partial charge is 0.309 e. The van der Waals surface area contributed by atoms with E-state index in [1.54, 1.807) is 18.0 Å². The molecule has 2 rings (SSSR count). The molecule has 0 atom stereocenters. The number of benzene rings is 1. The Morgan fingerprint density at radius 1 is 1.37 bits per heavy atom. The maximum atomic E-state index is 11.4. The van der Waals surface area contributed by atoms with Crippen LogP contribution in [0.15, 0.2) is 41.8 Å². The Hall–Kier alpha value is -1.75. The zero-order valence-corrected chi connectivity index (χ0v) is 11.8. The standard InChI is InChI=1S/C14H16N2O2S/c1-16-8-7-15-14(16)19-10-12-6-4-3-5-11(12)9-13(17)18-2/h3-8H,9-10H2,1-2H3. The highest BCUT2D eigenvalue weighted by Crippen LogP contribution is 2.23. The fourth-order valence-corrected chi connectivity index (χ4v) is 2.70. The van der Waals surface area contributed by atoms with Crippen LogP contribution in [0.3, 0.4) is 0 Å². The van der Waals surface area contributed by atoms with Crippen molar-refractivity contribution in [2.75, 3.05) is 7.11 Å². The summed E-state index contributed by atoms with van der Waals surface area (Å²) in [5.74, 6) is 0.576. The van der Waals surface area contributed by atoms with Crippen LogP contribution < -0.4 is 0 Å². The molecule has 4 nitrogen and oxygen atoms in total. The van der Waals surface area contributed by atoms with E-state index in [0.717, 1.165) is 22.0 Å². The number of hydrogen-bond donors (Lipinski definition) is 0. The van der Waals surface area contributed by atoms with Gasteiger partial charge in [0.25, 0.3) is 0 Å². The minimum absolute atomic E-state index is 0.213. The van der Waals surface area contributed by atoms with Gasteiger partial charge in [0.15, 0.2) is 5.16 Å². The van der Waals surface area contributed by atoms with Crippen LogP contribution in [0.2, 0.25) is 0 Å². The quantitative estimate of drug-likeness (QED) is 0.621. The molecule has 1 aromatic heterocycles. The molecule has 2 aromatic rings. The number of ether oxygens (including phenoxy) is 1. The normalized spacial score (nSPS) is 10.4. The van der Waals surface area contributed by atoms with Gasteiger partial charge in [-0.2, -0.15) is 0 Å². The summed E-state index contributed by atoms with van der Waals surface area (Å²) in [6.07, 6.45) is 4.01. The Kier molecular flexibility index (Phi) is 4.63. The number of aryl methyl sites for hydroxylation is 1. The highest BCUT2D eigenvalue weighted by atomic mass is 32.2. The molecule has 0 aliphatic carbocycles. The average Bonchev–Trinajstić information content (AvgIpc) is 2.83. The van der Waals surface area contributed by atoms with E-state index in [2.05, 4.69) is 4.98 Å². The molecule has 19 heavy (non-hydrogen) atoms. The molecule has 0 bridgehead atoms. The average molecular weight is 276 g/mol. The first-order valence-corrected chi connectivity index (χ1v) is 6.93. The second kappa shape index (κ2) is 6.43. The number of nitrogens with zero attached hydrogens (tertiary/aromatic N) is 2. The minimum Gasteiger partial charge on any atom is -0.469 e. The number of thioether (sulfide) groups is 1. The van der Waals surface area contributed by atoms with Crippen molar-refractivity contribution >= 4 is 17.7 Å². The summed E-state index contributed by atoms with van der Waals surface area (Å²) < 4.78 is 6.70. The van der Waals surface area contributed by atoms with Crippen molar-refractivity contribution in [1.82, 2.24) is 9.55 Å². The summed E-state index contributed by atoms with van der Waals surface area (Å²) in [6.45, 7) is 0. The number of methoxy groups -OCH3 is 1. The number of carbonyl (C=O) groups excluding carboxylic acids is 1. The lowest BCUT2D eigenvalue weighted by atomic mass is 10.1. The Balaban J connectivity index is 2.07. The van der Waals surface area contributed by atoms with Gasteiger partial charge in [0, 0.05) is 25.2 Å². The molecule has 0 amide bonds. The monoisotopic (exact) mass is 276 g/mol. The fourth-order valence-electron chi connectivity index (χ4n) is 1.73. The first-order chi connectivity index (χ1) is 9.20. The maximum Gasteiger partial charge on any atom is 0.309 e. The second-order valence-corrected chi connectivity index (χ2v) is 5.07. The van der Waals surface area contributed by atoms with Gasteiger partial charge >= 0.3 is 5.97 Å². The van der Waals surface area contributed by atoms with Crippen LogP contribution in [-0.2, 0) is 28.8 Å². The largest absolute Gasteiger partial charge is 0.469 e. The van der Waals surface area contributed by atoms with Crippen LogP contribution in [0.5, 0.6) is 0 Å². The van der Waals surface area contributed by atoms with E-state index in [-0.39, 0.29) is 5.97 Å². The van der Waals surface area contributed by atoms with Crippen LogP contribution in [0.1, 0.15) is 11.1 Å². The number of carbonyl (C=O) groups is 1. The summed E-state index contributed by atoms with van der Waals surface area (Å²) in [6, 6.07) is 7.92. The lowest BCUT2D eigenvalue weighted by Crippen LogP contribution is -2.06. The van der Waals surface area contributed by atoms with Crippen molar-refractivity contribution in [2.45, 2.75) is 17.3 Å². The van der Waals surface area contributed by atoms with E-state index in [1.165, 1.54) is 7.11 Å². The molecule has 0 radical (unpaired) electrons. The molecule has 5 heteroatoms. The summed E-state index contributed by atoms with van der Waals surface area (Å²) >= 11 is 1.66. The third-order valence-corrected chi connectivity index (χ3v) is 3.92. The van der Waals surface area contributed by atoms with Gasteiger partial charge in [-0.1, -0.05) is 36.0 Å². The Morgan fingerprint density at radius 2 is 2.11 bits per heavy atom. The summed E-state index contributed by atoms with van der Waals surface area (Å²) in [5, 5.41) is 0.966. The van der Waals surface area contributed by atoms with Crippen molar-refractivity contribution in [1.29, 1.82) is 0 Å². The van der Waals surface area contributed by atoms with Gasteiger partial charge in [0.1, 0.15) is 0 Å². The molecule has 0 spiro atoms. The summed E-state index contributed by atoms with van der Waals surface area (Å²) in [5.41, 5.74) is 2.15. The van der Waals surface area contributed by atoms with E-state index < -0.39 is 0 Å². The van der Waals surface area contributed by atoms with Gasteiger partial charge in [-0.3, -0.25) is 4.79 Å². The van der Waals surface area contributed by atoms with E-state index in [4.69, 9.17) is 4.74 Å². The maximum absolute atomic E-state index is 11.4. The lowest BCUT2D eigenvalue weighted by Gasteiger charge is -2.08. The number of esters is 1. The molecule has 0 fully saturated rings. The zero-order valence-electron chi connectivity index (χ0n) is 11.0. The van der Waals surface area contributed by atoms with E-state index >= 15 is 0 Å². The van der Waals surface area contributed by atoms with Crippen molar-refractivity contribution in [3.8, 4) is 0 Å². The second-order valence-electron chi connectivity index (χ2n) is 4.13. The van der Waals surface area contributed by atoms with Crippen molar-refractivity contribution in [3.05, 3.63) is 47.8 Å². The van der Waals surface area contributed by atoms with Crippen LogP contribution in [0.25, 0.3) is 0 Å². The summed E-state index contributed by atoms with van der Waals surface area (Å²) in [7, 11) is 3.38. The van der Waals surface area contributed by atoms with Crippen molar-refractivity contribution < 1.29 is 9.53 Å². The molecule has 100 valence electrons. The molecule has 0 aliphatic heterocycles. The molecular weight excluding hydrogens is 260 g/mol. The van der Waals surface area contributed by atoms with Crippen molar-refractivity contribution in [3.63, 3.8) is 0 Å². The van der Waals surface area contributed by atoms with Gasteiger partial charge < -0.3 is 9.30 Å². The molecule has 0 saturated carbocycles.